The van der Waals surface area contributed by atoms with Crippen molar-refractivity contribution in [3.05, 3.63) is 65.7 Å². The summed E-state index contributed by atoms with van der Waals surface area (Å²) >= 11 is 0. The normalized spacial score (nSPS) is 22.5. The maximum atomic E-state index is 11.4. The Balaban J connectivity index is 1.49. The molecular weight excluding hydrogens is 336 g/mol. The van der Waals surface area contributed by atoms with E-state index < -0.39 is 0 Å². The van der Waals surface area contributed by atoms with Gasteiger partial charge in [-0.3, -0.25) is 9.69 Å². The Morgan fingerprint density at radius 2 is 1.85 bits per heavy atom. The highest BCUT2D eigenvalue weighted by molar-refractivity contribution is 5.66. The predicted octanol–water partition coefficient (Wildman–Crippen LogP) is 3.50. The number of esters is 1. The van der Waals surface area contributed by atoms with E-state index in [1.54, 1.807) is 0 Å². The topological polar surface area (TPSA) is 32.8 Å². The van der Waals surface area contributed by atoms with Crippen LogP contribution < -0.4 is 4.90 Å². The first-order chi connectivity index (χ1) is 13.2. The smallest absolute Gasteiger partial charge is 0.302 e. The fraction of sp³-hybridized carbons (Fsp3) is 0.435. The fourth-order valence-corrected chi connectivity index (χ4v) is 4.59. The van der Waals surface area contributed by atoms with E-state index in [1.165, 1.54) is 23.7 Å². The van der Waals surface area contributed by atoms with Gasteiger partial charge in [-0.05, 0) is 30.0 Å². The van der Waals surface area contributed by atoms with Gasteiger partial charge in [0, 0.05) is 50.7 Å². The van der Waals surface area contributed by atoms with Crippen LogP contribution >= 0.6 is 0 Å². The lowest BCUT2D eigenvalue weighted by Crippen LogP contribution is -2.52. The lowest BCUT2D eigenvalue weighted by atomic mass is 9.90. The molecule has 4 rings (SSSR count). The van der Waals surface area contributed by atoms with Crippen molar-refractivity contribution < 1.29 is 9.53 Å². The molecule has 2 unspecified atom stereocenters. The zero-order chi connectivity index (χ0) is 18.6. The third-order valence-electron chi connectivity index (χ3n) is 5.85. The molecule has 0 spiro atoms. The van der Waals surface area contributed by atoms with Crippen molar-refractivity contribution in [3.63, 3.8) is 0 Å². The molecule has 0 amide bonds. The molecular formula is C23H28N2O2. The molecule has 2 aromatic carbocycles. The van der Waals surface area contributed by atoms with Crippen LogP contribution in [0.25, 0.3) is 0 Å². The van der Waals surface area contributed by atoms with E-state index in [9.17, 15) is 4.79 Å². The van der Waals surface area contributed by atoms with E-state index in [0.29, 0.717) is 18.6 Å². The van der Waals surface area contributed by atoms with Crippen LogP contribution in [0.1, 0.15) is 24.5 Å². The zero-order valence-electron chi connectivity index (χ0n) is 16.0. The van der Waals surface area contributed by atoms with Crippen molar-refractivity contribution >= 4 is 11.7 Å². The first-order valence-electron chi connectivity index (χ1n) is 9.95. The molecule has 2 aromatic rings. The summed E-state index contributed by atoms with van der Waals surface area (Å²) in [5.41, 5.74) is 4.15. The van der Waals surface area contributed by atoms with E-state index in [4.69, 9.17) is 4.74 Å². The van der Waals surface area contributed by atoms with Crippen molar-refractivity contribution in [2.75, 3.05) is 31.1 Å². The van der Waals surface area contributed by atoms with E-state index in [1.807, 2.05) is 0 Å². The first-order valence-corrected chi connectivity index (χ1v) is 9.95. The summed E-state index contributed by atoms with van der Waals surface area (Å²) in [4.78, 5) is 16.5. The second-order valence-corrected chi connectivity index (χ2v) is 7.71. The van der Waals surface area contributed by atoms with Gasteiger partial charge in [0.2, 0.25) is 0 Å². The van der Waals surface area contributed by atoms with Gasteiger partial charge in [-0.25, -0.2) is 0 Å². The zero-order valence-corrected chi connectivity index (χ0v) is 16.0. The number of anilines is 1. The van der Waals surface area contributed by atoms with Gasteiger partial charge in [0.15, 0.2) is 0 Å². The molecule has 27 heavy (non-hydrogen) atoms. The van der Waals surface area contributed by atoms with Crippen LogP contribution in [-0.2, 0) is 22.5 Å². The highest BCUT2D eigenvalue weighted by atomic mass is 16.5. The number of carbonyl (C=O) groups is 1. The molecule has 4 nitrogen and oxygen atoms in total. The molecule has 0 saturated carbocycles. The highest BCUT2D eigenvalue weighted by Gasteiger charge is 2.36. The first kappa shape index (κ1) is 18.1. The number of para-hydroxylation sites is 1. The summed E-state index contributed by atoms with van der Waals surface area (Å²) < 4.78 is 5.47. The van der Waals surface area contributed by atoms with E-state index in [-0.39, 0.29) is 5.97 Å². The second-order valence-electron chi connectivity index (χ2n) is 7.71. The largest absolute Gasteiger partial charge is 0.465 e. The molecule has 2 aliphatic rings. The summed E-state index contributed by atoms with van der Waals surface area (Å²) in [5.74, 6) is 0.147. The predicted molar refractivity (Wildman–Crippen MR) is 108 cm³/mol. The van der Waals surface area contributed by atoms with E-state index >= 15 is 0 Å². The SMILES string of the molecule is CC(=O)OCC1CN(Cc2ccccc2)CCC1N1CCc2ccccc21. The van der Waals surface area contributed by atoms with Crippen LogP contribution in [0.4, 0.5) is 5.69 Å². The Morgan fingerprint density at radius 1 is 1.07 bits per heavy atom. The molecule has 1 saturated heterocycles. The Bertz CT molecular complexity index is 777. The number of nitrogens with zero attached hydrogens (tertiary/aromatic N) is 2. The molecule has 2 atom stereocenters. The molecule has 0 bridgehead atoms. The minimum absolute atomic E-state index is 0.184. The van der Waals surface area contributed by atoms with Crippen molar-refractivity contribution in [1.82, 2.24) is 4.90 Å². The van der Waals surface area contributed by atoms with E-state index in [2.05, 4.69) is 64.4 Å². The van der Waals surface area contributed by atoms with Gasteiger partial charge in [-0.2, -0.15) is 0 Å². The van der Waals surface area contributed by atoms with Crippen molar-refractivity contribution in [1.29, 1.82) is 0 Å². The molecule has 0 aliphatic carbocycles. The quantitative estimate of drug-likeness (QED) is 0.760. The molecule has 0 aromatic heterocycles. The monoisotopic (exact) mass is 364 g/mol. The van der Waals surface area contributed by atoms with Gasteiger partial charge in [-0.15, -0.1) is 0 Å². The number of rotatable bonds is 5. The molecule has 2 aliphatic heterocycles. The van der Waals surface area contributed by atoms with Crippen LogP contribution in [0.5, 0.6) is 0 Å². The minimum atomic E-state index is -0.184. The molecule has 0 radical (unpaired) electrons. The lowest BCUT2D eigenvalue weighted by molar-refractivity contribution is -0.143. The van der Waals surface area contributed by atoms with Crippen LogP contribution in [0, 0.1) is 5.92 Å². The molecule has 2 heterocycles. The standard InChI is InChI=1S/C23H28N2O2/c1-18(26)27-17-21-16-24(15-19-7-3-2-4-8-19)13-12-23(21)25-14-11-20-9-5-6-10-22(20)25/h2-10,21,23H,11-17H2,1H3. The number of carbonyl (C=O) groups excluding carboxylic acids is 1. The number of ether oxygens (including phenoxy) is 1. The number of piperidine rings is 1. The average molecular weight is 364 g/mol. The number of hydrogen-bond acceptors (Lipinski definition) is 4. The van der Waals surface area contributed by atoms with Gasteiger partial charge in [-0.1, -0.05) is 48.5 Å². The number of hydrogen-bond donors (Lipinski definition) is 0. The third kappa shape index (κ3) is 4.16. The van der Waals surface area contributed by atoms with Gasteiger partial charge in [0.25, 0.3) is 0 Å². The third-order valence-corrected chi connectivity index (χ3v) is 5.85. The number of benzene rings is 2. The summed E-state index contributed by atoms with van der Waals surface area (Å²) in [5, 5.41) is 0. The van der Waals surface area contributed by atoms with Crippen molar-refractivity contribution in [2.45, 2.75) is 32.4 Å². The summed E-state index contributed by atoms with van der Waals surface area (Å²) in [7, 11) is 0. The maximum Gasteiger partial charge on any atom is 0.302 e. The molecule has 4 heteroatoms. The van der Waals surface area contributed by atoms with Crippen LogP contribution in [-0.4, -0.2) is 43.2 Å². The molecule has 1 fully saturated rings. The van der Waals surface area contributed by atoms with Gasteiger partial charge in [0.05, 0.1) is 6.61 Å². The minimum Gasteiger partial charge on any atom is -0.465 e. The summed E-state index contributed by atoms with van der Waals surface area (Å²) in [6, 6.07) is 19.8. The van der Waals surface area contributed by atoms with Gasteiger partial charge in [0.1, 0.15) is 0 Å². The number of likely N-dealkylation sites (tertiary alicyclic amines) is 1. The Labute approximate surface area is 161 Å². The number of fused-ring (bicyclic) bond motifs is 1. The maximum absolute atomic E-state index is 11.4. The fourth-order valence-electron chi connectivity index (χ4n) is 4.59. The van der Waals surface area contributed by atoms with Crippen molar-refractivity contribution in [2.24, 2.45) is 5.92 Å². The average Bonchev–Trinajstić information content (AvgIpc) is 3.11. The summed E-state index contributed by atoms with van der Waals surface area (Å²) in [6.07, 6.45) is 2.22. The Kier molecular flexibility index (Phi) is 5.44. The second kappa shape index (κ2) is 8.13. The van der Waals surface area contributed by atoms with Gasteiger partial charge < -0.3 is 9.64 Å². The Hall–Kier alpha value is -2.33. The summed E-state index contributed by atoms with van der Waals surface area (Å²) in [6.45, 7) is 6.08. The van der Waals surface area contributed by atoms with E-state index in [0.717, 1.165) is 39.0 Å². The van der Waals surface area contributed by atoms with Crippen LogP contribution in [0.2, 0.25) is 0 Å². The van der Waals surface area contributed by atoms with Crippen LogP contribution in [0.15, 0.2) is 54.6 Å². The Morgan fingerprint density at radius 3 is 2.67 bits per heavy atom. The molecule has 142 valence electrons. The highest BCUT2D eigenvalue weighted by Crippen LogP contribution is 2.34. The van der Waals surface area contributed by atoms with Gasteiger partial charge >= 0.3 is 5.97 Å². The van der Waals surface area contributed by atoms with Crippen molar-refractivity contribution in [3.8, 4) is 0 Å². The lowest BCUT2D eigenvalue weighted by Gasteiger charge is -2.43. The van der Waals surface area contributed by atoms with Crippen LogP contribution in [0.3, 0.4) is 0 Å². The molecule has 0 N–H and O–H groups in total.